The molecule has 1 aliphatic heterocycles. The highest BCUT2D eigenvalue weighted by molar-refractivity contribution is 7.99. The summed E-state index contributed by atoms with van der Waals surface area (Å²) in [5.74, 6) is 2.84. The topological polar surface area (TPSA) is 63.5 Å². The van der Waals surface area contributed by atoms with Crippen molar-refractivity contribution in [3.05, 3.63) is 41.7 Å². The summed E-state index contributed by atoms with van der Waals surface area (Å²) >= 11 is 1.88. The first-order valence-electron chi connectivity index (χ1n) is 8.74. The number of thioether (sulfide) groups is 1. The van der Waals surface area contributed by atoms with Crippen LogP contribution in [-0.2, 0) is 13.1 Å². The molecule has 8 heteroatoms. The van der Waals surface area contributed by atoms with Crippen LogP contribution in [0.4, 0.5) is 0 Å². The minimum atomic E-state index is -0.0127. The van der Waals surface area contributed by atoms with Gasteiger partial charge in [-0.05, 0) is 24.7 Å². The highest BCUT2D eigenvalue weighted by Crippen LogP contribution is 2.14. The summed E-state index contributed by atoms with van der Waals surface area (Å²) in [6.07, 6.45) is 1.75. The van der Waals surface area contributed by atoms with Gasteiger partial charge in [-0.2, -0.15) is 11.8 Å². The molecule has 0 bridgehead atoms. The Morgan fingerprint density at radius 1 is 1.35 bits per heavy atom. The van der Waals surface area contributed by atoms with Crippen molar-refractivity contribution in [2.24, 2.45) is 0 Å². The third-order valence-corrected chi connectivity index (χ3v) is 5.30. The summed E-state index contributed by atoms with van der Waals surface area (Å²) < 4.78 is 7.01. The van der Waals surface area contributed by atoms with Gasteiger partial charge in [-0.1, -0.05) is 17.3 Å². The van der Waals surface area contributed by atoms with Crippen molar-refractivity contribution < 1.29 is 9.53 Å². The number of carbonyl (C=O) groups is 1. The van der Waals surface area contributed by atoms with Gasteiger partial charge in [0.15, 0.2) is 5.69 Å². The molecule has 0 atom stereocenters. The highest BCUT2D eigenvalue weighted by atomic mass is 32.2. The van der Waals surface area contributed by atoms with E-state index in [1.807, 2.05) is 34.9 Å². The van der Waals surface area contributed by atoms with E-state index >= 15 is 0 Å². The number of hydrogen-bond donors (Lipinski definition) is 0. The number of likely N-dealkylation sites (N-methyl/N-ethyl adjacent to an activating group) is 1. The van der Waals surface area contributed by atoms with Gasteiger partial charge in [0.05, 0.1) is 19.9 Å². The Labute approximate surface area is 158 Å². The highest BCUT2D eigenvalue weighted by Gasteiger charge is 2.21. The molecule has 0 N–H and O–H groups in total. The molecule has 7 nitrogen and oxygen atoms in total. The molecule has 0 spiro atoms. The molecule has 2 aromatic rings. The van der Waals surface area contributed by atoms with Crippen molar-refractivity contribution >= 4 is 17.7 Å². The van der Waals surface area contributed by atoms with E-state index in [1.165, 1.54) is 5.56 Å². The first-order valence-corrected chi connectivity index (χ1v) is 9.90. The third-order valence-electron chi connectivity index (χ3n) is 4.35. The lowest BCUT2D eigenvalue weighted by molar-refractivity contribution is 0.0766. The second-order valence-corrected chi connectivity index (χ2v) is 7.59. The first kappa shape index (κ1) is 18.7. The molecule has 1 saturated heterocycles. The van der Waals surface area contributed by atoms with Crippen LogP contribution in [0.5, 0.6) is 5.75 Å². The molecule has 0 saturated carbocycles. The summed E-state index contributed by atoms with van der Waals surface area (Å²) in [6.45, 7) is 3.91. The summed E-state index contributed by atoms with van der Waals surface area (Å²) in [4.78, 5) is 16.5. The molecule has 1 aromatic carbocycles. The Kier molecular flexibility index (Phi) is 6.51. The lowest BCUT2D eigenvalue weighted by atomic mass is 10.2. The number of rotatable bonds is 7. The van der Waals surface area contributed by atoms with E-state index in [2.05, 4.69) is 28.3 Å². The fourth-order valence-corrected chi connectivity index (χ4v) is 3.77. The van der Waals surface area contributed by atoms with E-state index < -0.39 is 0 Å². The Bertz CT molecular complexity index is 730. The average Bonchev–Trinajstić information content (AvgIpc) is 3.15. The zero-order valence-corrected chi connectivity index (χ0v) is 16.1. The van der Waals surface area contributed by atoms with Crippen LogP contribution in [-0.4, -0.2) is 76.0 Å². The van der Waals surface area contributed by atoms with Crippen LogP contribution in [0.25, 0.3) is 0 Å². The van der Waals surface area contributed by atoms with Gasteiger partial charge >= 0.3 is 0 Å². The zero-order valence-electron chi connectivity index (χ0n) is 15.3. The predicted octanol–water partition coefficient (Wildman–Crippen LogP) is 1.61. The molecule has 1 fully saturated rings. The zero-order chi connectivity index (χ0) is 18.4. The second-order valence-electron chi connectivity index (χ2n) is 6.36. The molecule has 0 radical (unpaired) electrons. The van der Waals surface area contributed by atoms with Crippen molar-refractivity contribution in [3.8, 4) is 5.75 Å². The van der Waals surface area contributed by atoms with Crippen molar-refractivity contribution in [2.75, 3.05) is 45.3 Å². The first-order chi connectivity index (χ1) is 12.7. The number of benzene rings is 1. The van der Waals surface area contributed by atoms with Gasteiger partial charge in [-0.25, -0.2) is 0 Å². The Balaban J connectivity index is 1.50. The minimum Gasteiger partial charge on any atom is -0.497 e. The van der Waals surface area contributed by atoms with Crippen molar-refractivity contribution in [1.82, 2.24) is 24.8 Å². The number of amides is 1. The maximum atomic E-state index is 12.4. The molecule has 3 rings (SSSR count). The number of ether oxygens (including phenoxy) is 1. The average molecular weight is 375 g/mol. The third kappa shape index (κ3) is 4.98. The molecule has 0 unspecified atom stereocenters. The number of hydrogen-bond acceptors (Lipinski definition) is 6. The fraction of sp³-hybridized carbons (Fsp3) is 0.500. The quantitative estimate of drug-likeness (QED) is 0.733. The molecule has 1 aliphatic rings. The molecule has 1 amide bonds. The summed E-state index contributed by atoms with van der Waals surface area (Å²) in [7, 11) is 3.74. The smallest absolute Gasteiger partial charge is 0.276 e. The molecule has 140 valence electrons. The lowest BCUT2D eigenvalue weighted by Gasteiger charge is -2.25. The molecule has 26 heavy (non-hydrogen) atoms. The van der Waals surface area contributed by atoms with Gasteiger partial charge in [-0.15, -0.1) is 5.10 Å². The Morgan fingerprint density at radius 2 is 2.15 bits per heavy atom. The van der Waals surface area contributed by atoms with Gasteiger partial charge in [0.1, 0.15) is 5.75 Å². The predicted molar refractivity (Wildman–Crippen MR) is 103 cm³/mol. The van der Waals surface area contributed by atoms with E-state index in [0.717, 1.165) is 43.4 Å². The van der Waals surface area contributed by atoms with Crippen molar-refractivity contribution in [2.45, 2.75) is 13.1 Å². The van der Waals surface area contributed by atoms with E-state index in [9.17, 15) is 4.79 Å². The number of methoxy groups -OCH3 is 1. The van der Waals surface area contributed by atoms with E-state index in [0.29, 0.717) is 12.2 Å². The summed E-state index contributed by atoms with van der Waals surface area (Å²) in [5.41, 5.74) is 1.64. The van der Waals surface area contributed by atoms with Gasteiger partial charge < -0.3 is 14.5 Å². The summed E-state index contributed by atoms with van der Waals surface area (Å²) in [6, 6.07) is 8.07. The van der Waals surface area contributed by atoms with Crippen LogP contribution in [0, 0.1) is 0 Å². The van der Waals surface area contributed by atoms with Crippen LogP contribution in [0.15, 0.2) is 30.5 Å². The monoisotopic (exact) mass is 375 g/mol. The van der Waals surface area contributed by atoms with Gasteiger partial charge in [-0.3, -0.25) is 9.48 Å². The standard InChI is InChI=1S/C18H25N5O2S/c1-21(13-15-4-3-5-16(12-15)25-2)6-7-23-14-17(19-20-23)18(24)22-8-10-26-11-9-22/h3-5,12,14H,6-11,13H2,1-2H3. The maximum Gasteiger partial charge on any atom is 0.276 e. The van der Waals surface area contributed by atoms with Gasteiger partial charge in [0.25, 0.3) is 5.91 Å². The van der Waals surface area contributed by atoms with E-state index in [-0.39, 0.29) is 5.91 Å². The van der Waals surface area contributed by atoms with E-state index in [1.54, 1.807) is 18.0 Å². The normalized spacial score (nSPS) is 14.7. The van der Waals surface area contributed by atoms with Crippen LogP contribution in [0.2, 0.25) is 0 Å². The van der Waals surface area contributed by atoms with Crippen molar-refractivity contribution in [3.63, 3.8) is 0 Å². The fourth-order valence-electron chi connectivity index (χ4n) is 2.87. The maximum absolute atomic E-state index is 12.4. The largest absolute Gasteiger partial charge is 0.497 e. The lowest BCUT2D eigenvalue weighted by Crippen LogP contribution is -2.38. The Morgan fingerprint density at radius 3 is 2.92 bits per heavy atom. The molecular formula is C18H25N5O2S. The number of nitrogens with zero attached hydrogens (tertiary/aromatic N) is 5. The number of carbonyl (C=O) groups excluding carboxylic acids is 1. The van der Waals surface area contributed by atoms with Crippen LogP contribution in [0.3, 0.4) is 0 Å². The second kappa shape index (κ2) is 9.05. The van der Waals surface area contributed by atoms with Crippen LogP contribution in [0.1, 0.15) is 16.1 Å². The minimum absolute atomic E-state index is 0.0127. The van der Waals surface area contributed by atoms with Gasteiger partial charge in [0, 0.05) is 37.7 Å². The van der Waals surface area contributed by atoms with Crippen molar-refractivity contribution in [1.29, 1.82) is 0 Å². The Hall–Kier alpha value is -2.06. The SMILES string of the molecule is COc1cccc(CN(C)CCn2cc(C(=O)N3CCSCC3)nn2)c1. The number of aromatic nitrogens is 3. The van der Waals surface area contributed by atoms with E-state index in [4.69, 9.17) is 4.74 Å². The van der Waals surface area contributed by atoms with Crippen LogP contribution >= 0.6 is 11.8 Å². The summed E-state index contributed by atoms with van der Waals surface area (Å²) in [5, 5.41) is 8.16. The molecular weight excluding hydrogens is 350 g/mol. The van der Waals surface area contributed by atoms with Crippen LogP contribution < -0.4 is 4.74 Å². The molecule has 0 aliphatic carbocycles. The molecule has 1 aromatic heterocycles. The van der Waals surface area contributed by atoms with Gasteiger partial charge in [0.2, 0.25) is 0 Å². The molecule has 2 heterocycles.